The second-order valence-electron chi connectivity index (χ2n) is 5.88. The number of para-hydroxylation sites is 3. The van der Waals surface area contributed by atoms with E-state index in [-0.39, 0.29) is 17.8 Å². The molecule has 2 heterocycles. The number of hydrogen-bond donors (Lipinski definition) is 1. The van der Waals surface area contributed by atoms with Crippen molar-refractivity contribution < 1.29 is 18.7 Å². The van der Waals surface area contributed by atoms with Gasteiger partial charge in [0.2, 0.25) is 0 Å². The predicted octanol–water partition coefficient (Wildman–Crippen LogP) is 3.96. The van der Waals surface area contributed by atoms with E-state index in [1.807, 2.05) is 43.3 Å². The summed E-state index contributed by atoms with van der Waals surface area (Å²) in [5, 5.41) is 4.16. The number of amides is 1. The number of carbonyl (C=O) groups is 1. The molecule has 4 rings (SSSR count). The Morgan fingerprint density at radius 3 is 2.80 bits per heavy atom. The van der Waals surface area contributed by atoms with Crippen LogP contribution in [0, 0.1) is 6.92 Å². The molecule has 0 saturated carbocycles. The summed E-state index contributed by atoms with van der Waals surface area (Å²) in [7, 11) is 0. The van der Waals surface area contributed by atoms with Gasteiger partial charge in [-0.1, -0.05) is 35.9 Å². The molecule has 1 N–H and O–H groups in total. The Hall–Kier alpha value is -2.66. The minimum Gasteiger partial charge on any atom is -0.486 e. The Bertz CT molecular complexity index is 950. The highest BCUT2D eigenvalue weighted by Gasteiger charge is 2.23. The number of nitrogens with one attached hydrogen (secondary N) is 1. The van der Waals surface area contributed by atoms with Crippen molar-refractivity contribution in [3.05, 3.63) is 58.8 Å². The van der Waals surface area contributed by atoms with Crippen LogP contribution in [-0.4, -0.2) is 25.2 Å². The quantitative estimate of drug-likeness (QED) is 0.770. The minimum absolute atomic E-state index is 0.257. The average Bonchev–Trinajstić information content (AvgIpc) is 2.98. The van der Waals surface area contributed by atoms with E-state index in [1.54, 1.807) is 6.07 Å². The second kappa shape index (κ2) is 6.33. The van der Waals surface area contributed by atoms with Crippen LogP contribution >= 0.6 is 11.6 Å². The summed E-state index contributed by atoms with van der Waals surface area (Å²) in [5.74, 6) is 1.36. The Morgan fingerprint density at radius 2 is 2.00 bits per heavy atom. The number of rotatable bonds is 3. The van der Waals surface area contributed by atoms with E-state index in [0.717, 1.165) is 10.9 Å². The summed E-state index contributed by atoms with van der Waals surface area (Å²) in [6.07, 6.45) is -0.257. The summed E-state index contributed by atoms with van der Waals surface area (Å²) < 4.78 is 17.2. The van der Waals surface area contributed by atoms with Crippen LogP contribution in [0.1, 0.15) is 16.1 Å². The van der Waals surface area contributed by atoms with Crippen LogP contribution in [0.2, 0.25) is 5.02 Å². The molecule has 0 unspecified atom stereocenters. The lowest BCUT2D eigenvalue weighted by Gasteiger charge is -2.26. The summed E-state index contributed by atoms with van der Waals surface area (Å²) in [6.45, 7) is 2.53. The van der Waals surface area contributed by atoms with Crippen LogP contribution in [0.5, 0.6) is 11.5 Å². The fourth-order valence-electron chi connectivity index (χ4n) is 2.88. The van der Waals surface area contributed by atoms with Gasteiger partial charge in [0, 0.05) is 10.9 Å². The highest BCUT2D eigenvalue weighted by atomic mass is 35.5. The van der Waals surface area contributed by atoms with Gasteiger partial charge >= 0.3 is 0 Å². The molecule has 1 aliphatic heterocycles. The third-order valence-corrected chi connectivity index (χ3v) is 4.48. The molecular formula is C19H16ClNO4. The maximum Gasteiger partial charge on any atom is 0.287 e. The lowest BCUT2D eigenvalue weighted by atomic mass is 10.1. The normalized spacial score (nSPS) is 16.0. The molecule has 0 aliphatic carbocycles. The standard InChI is InChI=1S/C19H16ClNO4/c1-11-13-5-4-6-14(20)18(13)25-17(11)19(22)21-9-12-10-23-15-7-2-3-8-16(15)24-12/h2-8,12H,9-10H2,1H3,(H,21,22)/t12-/m1/s1. The molecule has 0 bridgehead atoms. The summed E-state index contributed by atoms with van der Waals surface area (Å²) in [4.78, 5) is 12.5. The number of carbonyl (C=O) groups excluding carboxylic acids is 1. The van der Waals surface area contributed by atoms with Gasteiger partial charge in [-0.2, -0.15) is 0 Å². The highest BCUT2D eigenvalue weighted by molar-refractivity contribution is 6.35. The third kappa shape index (κ3) is 2.91. The molecule has 2 aromatic carbocycles. The zero-order chi connectivity index (χ0) is 17.4. The van der Waals surface area contributed by atoms with Crippen molar-refractivity contribution in [3.8, 4) is 11.5 Å². The van der Waals surface area contributed by atoms with Crippen molar-refractivity contribution in [2.24, 2.45) is 0 Å². The number of ether oxygens (including phenoxy) is 2. The first-order valence-electron chi connectivity index (χ1n) is 7.98. The van der Waals surface area contributed by atoms with E-state index in [2.05, 4.69) is 5.32 Å². The second-order valence-corrected chi connectivity index (χ2v) is 6.29. The average molecular weight is 358 g/mol. The predicted molar refractivity (Wildman–Crippen MR) is 94.6 cm³/mol. The highest BCUT2D eigenvalue weighted by Crippen LogP contribution is 2.32. The van der Waals surface area contributed by atoms with Gasteiger partial charge in [-0.15, -0.1) is 0 Å². The van der Waals surface area contributed by atoms with Crippen LogP contribution in [0.4, 0.5) is 0 Å². The summed E-state index contributed by atoms with van der Waals surface area (Å²) in [5.41, 5.74) is 1.29. The van der Waals surface area contributed by atoms with E-state index in [9.17, 15) is 4.79 Å². The van der Waals surface area contributed by atoms with E-state index in [0.29, 0.717) is 35.3 Å². The SMILES string of the molecule is Cc1c(C(=O)NC[C@@H]2COc3ccccc3O2)oc2c(Cl)cccc12. The molecule has 1 aliphatic rings. The number of furan rings is 1. The van der Waals surface area contributed by atoms with Gasteiger partial charge < -0.3 is 19.2 Å². The number of hydrogen-bond acceptors (Lipinski definition) is 4. The Morgan fingerprint density at radius 1 is 1.20 bits per heavy atom. The lowest BCUT2D eigenvalue weighted by Crippen LogP contribution is -2.40. The number of aryl methyl sites for hydroxylation is 1. The zero-order valence-corrected chi connectivity index (χ0v) is 14.3. The van der Waals surface area contributed by atoms with Gasteiger partial charge in [0.25, 0.3) is 5.91 Å². The Kier molecular flexibility index (Phi) is 4.01. The van der Waals surface area contributed by atoms with Crippen LogP contribution in [0.3, 0.4) is 0 Å². The smallest absolute Gasteiger partial charge is 0.287 e. The molecule has 0 radical (unpaired) electrons. The number of benzene rings is 2. The van der Waals surface area contributed by atoms with Crippen LogP contribution in [0.25, 0.3) is 11.0 Å². The monoisotopic (exact) mass is 357 g/mol. The molecule has 0 saturated heterocycles. The molecule has 1 atom stereocenters. The van der Waals surface area contributed by atoms with Crippen molar-refractivity contribution in [2.45, 2.75) is 13.0 Å². The van der Waals surface area contributed by atoms with E-state index >= 15 is 0 Å². The van der Waals surface area contributed by atoms with Crippen LogP contribution in [-0.2, 0) is 0 Å². The molecule has 0 spiro atoms. The molecular weight excluding hydrogens is 342 g/mol. The van der Waals surface area contributed by atoms with Crippen LogP contribution < -0.4 is 14.8 Å². The van der Waals surface area contributed by atoms with Crippen molar-refractivity contribution >= 4 is 28.5 Å². The first kappa shape index (κ1) is 15.8. The van der Waals surface area contributed by atoms with Gasteiger partial charge in [-0.3, -0.25) is 4.79 Å². The van der Waals surface area contributed by atoms with Gasteiger partial charge in [0.15, 0.2) is 22.8 Å². The molecule has 1 amide bonds. The van der Waals surface area contributed by atoms with E-state index in [1.165, 1.54) is 0 Å². The number of halogens is 1. The van der Waals surface area contributed by atoms with Crippen molar-refractivity contribution in [3.63, 3.8) is 0 Å². The van der Waals surface area contributed by atoms with Gasteiger partial charge in [0.05, 0.1) is 11.6 Å². The van der Waals surface area contributed by atoms with Crippen molar-refractivity contribution in [1.29, 1.82) is 0 Å². The Labute approximate surface area is 149 Å². The largest absolute Gasteiger partial charge is 0.486 e. The molecule has 6 heteroatoms. The van der Waals surface area contributed by atoms with E-state index < -0.39 is 0 Å². The third-order valence-electron chi connectivity index (χ3n) is 4.18. The fourth-order valence-corrected chi connectivity index (χ4v) is 3.09. The van der Waals surface area contributed by atoms with Gasteiger partial charge in [0.1, 0.15) is 12.7 Å². The lowest BCUT2D eigenvalue weighted by molar-refractivity contribution is 0.0774. The molecule has 25 heavy (non-hydrogen) atoms. The van der Waals surface area contributed by atoms with Crippen molar-refractivity contribution in [2.75, 3.05) is 13.2 Å². The molecule has 5 nitrogen and oxygen atoms in total. The van der Waals surface area contributed by atoms with Crippen LogP contribution in [0.15, 0.2) is 46.9 Å². The zero-order valence-electron chi connectivity index (χ0n) is 13.5. The summed E-state index contributed by atoms with van der Waals surface area (Å²) >= 11 is 6.13. The fraction of sp³-hybridized carbons (Fsp3) is 0.211. The molecule has 3 aromatic rings. The van der Waals surface area contributed by atoms with E-state index in [4.69, 9.17) is 25.5 Å². The topological polar surface area (TPSA) is 60.7 Å². The minimum atomic E-state index is -0.299. The maximum absolute atomic E-state index is 12.5. The maximum atomic E-state index is 12.5. The summed E-state index contributed by atoms with van der Waals surface area (Å²) in [6, 6.07) is 12.9. The molecule has 128 valence electrons. The Balaban J connectivity index is 1.47. The number of fused-ring (bicyclic) bond motifs is 2. The molecule has 1 aromatic heterocycles. The molecule has 0 fully saturated rings. The van der Waals surface area contributed by atoms with Gasteiger partial charge in [-0.25, -0.2) is 0 Å². The first-order valence-corrected chi connectivity index (χ1v) is 8.35. The first-order chi connectivity index (χ1) is 12.1. The van der Waals surface area contributed by atoms with Crippen molar-refractivity contribution in [1.82, 2.24) is 5.32 Å². The van der Waals surface area contributed by atoms with Gasteiger partial charge in [-0.05, 0) is 25.1 Å².